The van der Waals surface area contributed by atoms with Crippen LogP contribution in [0.3, 0.4) is 0 Å². The van der Waals surface area contributed by atoms with Crippen LogP contribution >= 0.6 is 12.2 Å². The van der Waals surface area contributed by atoms with Crippen LogP contribution in [0.2, 0.25) is 0 Å². The first-order valence-corrected chi connectivity index (χ1v) is 10.2. The van der Waals surface area contributed by atoms with Gasteiger partial charge in [0, 0.05) is 31.4 Å². The fourth-order valence-electron chi connectivity index (χ4n) is 4.39. The van der Waals surface area contributed by atoms with Crippen molar-refractivity contribution in [3.8, 4) is 0 Å². The molecule has 2 N–H and O–H groups in total. The van der Waals surface area contributed by atoms with Crippen LogP contribution in [0.1, 0.15) is 26.7 Å². The first-order valence-electron chi connectivity index (χ1n) is 9.75. The molecule has 1 aromatic carbocycles. The normalized spacial score (nSPS) is 28.1. The van der Waals surface area contributed by atoms with E-state index in [1.807, 2.05) is 30.3 Å². The van der Waals surface area contributed by atoms with Crippen molar-refractivity contribution >= 4 is 23.0 Å². The molecule has 3 aliphatic rings. The predicted octanol–water partition coefficient (Wildman–Crippen LogP) is 3.03. The van der Waals surface area contributed by atoms with Gasteiger partial charge in [-0.05, 0) is 68.7 Å². The Balaban J connectivity index is 1.45. The van der Waals surface area contributed by atoms with Crippen molar-refractivity contribution in [2.45, 2.75) is 32.7 Å². The Bertz CT molecular complexity index is 546. The molecule has 0 radical (unpaired) electrons. The molecule has 0 aromatic heterocycles. The maximum atomic E-state index is 5.45. The van der Waals surface area contributed by atoms with Gasteiger partial charge in [-0.15, -0.1) is 0 Å². The Hall–Kier alpha value is -1.17. The molecule has 4 nitrogen and oxygen atoms in total. The van der Waals surface area contributed by atoms with Gasteiger partial charge in [0.2, 0.25) is 0 Å². The minimum atomic E-state index is 0.627. The van der Waals surface area contributed by atoms with E-state index in [-0.39, 0.29) is 0 Å². The number of hydrogen-bond donors (Lipinski definition) is 2. The second-order valence-electron chi connectivity index (χ2n) is 7.38. The summed E-state index contributed by atoms with van der Waals surface area (Å²) in [7, 11) is 0. The average Bonchev–Trinajstić information content (AvgIpc) is 2.66. The highest BCUT2D eigenvalue weighted by Gasteiger charge is 2.40. The summed E-state index contributed by atoms with van der Waals surface area (Å²) in [5.74, 6) is 1.73. The van der Waals surface area contributed by atoms with Crippen LogP contribution < -0.4 is 10.6 Å². The van der Waals surface area contributed by atoms with E-state index >= 15 is 0 Å². The van der Waals surface area contributed by atoms with Gasteiger partial charge < -0.3 is 15.5 Å². The Kier molecular flexibility index (Phi) is 6.68. The summed E-state index contributed by atoms with van der Waals surface area (Å²) in [5, 5.41) is 7.43. The molecule has 3 heterocycles. The van der Waals surface area contributed by atoms with Gasteiger partial charge >= 0.3 is 0 Å². The van der Waals surface area contributed by atoms with E-state index in [2.05, 4.69) is 34.3 Å². The number of fused-ring (bicyclic) bond motifs is 3. The summed E-state index contributed by atoms with van der Waals surface area (Å²) >= 11 is 5.45. The monoisotopic (exact) mass is 360 g/mol. The maximum absolute atomic E-state index is 5.45. The second kappa shape index (κ2) is 8.97. The Morgan fingerprint density at radius 1 is 1.24 bits per heavy atom. The third-order valence-corrected chi connectivity index (χ3v) is 6.18. The van der Waals surface area contributed by atoms with Crippen molar-refractivity contribution in [1.29, 1.82) is 0 Å². The van der Waals surface area contributed by atoms with Gasteiger partial charge in [-0.25, -0.2) is 0 Å². The van der Waals surface area contributed by atoms with Gasteiger partial charge in [0.1, 0.15) is 0 Å². The smallest absolute Gasteiger partial charge is 0.170 e. The molecule has 3 fully saturated rings. The minimum Gasteiger partial charge on any atom is -0.361 e. The number of piperidine rings is 3. The van der Waals surface area contributed by atoms with E-state index in [9.17, 15) is 0 Å². The van der Waals surface area contributed by atoms with E-state index < -0.39 is 0 Å². The third kappa shape index (κ3) is 4.93. The number of nitrogens with one attached hydrogen (secondary N) is 2. The lowest BCUT2D eigenvalue weighted by molar-refractivity contribution is -0.00933. The molecule has 138 valence electrons. The fourth-order valence-corrected chi connectivity index (χ4v) is 4.59. The lowest BCUT2D eigenvalue weighted by Crippen LogP contribution is -2.58. The molecule has 0 amide bonds. The number of anilines is 1. The zero-order valence-corrected chi connectivity index (χ0v) is 16.4. The van der Waals surface area contributed by atoms with Crippen molar-refractivity contribution in [2.24, 2.45) is 11.8 Å². The highest BCUT2D eigenvalue weighted by Crippen LogP contribution is 2.36. The summed E-state index contributed by atoms with van der Waals surface area (Å²) in [6.07, 6.45) is 2.68. The van der Waals surface area contributed by atoms with Crippen LogP contribution in [0, 0.1) is 11.8 Å². The van der Waals surface area contributed by atoms with Gasteiger partial charge in [-0.3, -0.25) is 4.90 Å². The molecule has 0 spiro atoms. The number of para-hydroxylation sites is 1. The van der Waals surface area contributed by atoms with Gasteiger partial charge in [-0.2, -0.15) is 0 Å². The molecule has 2 bridgehead atoms. The van der Waals surface area contributed by atoms with Crippen LogP contribution in [0.25, 0.3) is 0 Å². The third-order valence-electron chi connectivity index (χ3n) is 5.93. The van der Waals surface area contributed by atoms with Crippen LogP contribution in [0.15, 0.2) is 30.3 Å². The molecule has 1 unspecified atom stereocenters. The van der Waals surface area contributed by atoms with Crippen molar-refractivity contribution < 1.29 is 0 Å². The van der Waals surface area contributed by atoms with Gasteiger partial charge in [0.15, 0.2) is 5.11 Å². The quantitative estimate of drug-likeness (QED) is 0.730. The highest BCUT2D eigenvalue weighted by atomic mass is 32.1. The number of rotatable bonds is 7. The molecule has 0 saturated carbocycles. The number of thiocarbonyl (C=S) groups is 1. The first-order chi connectivity index (χ1) is 12.2. The minimum absolute atomic E-state index is 0.627. The van der Waals surface area contributed by atoms with Crippen molar-refractivity contribution in [1.82, 2.24) is 15.1 Å². The van der Waals surface area contributed by atoms with E-state index in [0.29, 0.717) is 6.04 Å². The number of benzene rings is 1. The Morgan fingerprint density at radius 2 is 2.00 bits per heavy atom. The lowest BCUT2D eigenvalue weighted by atomic mass is 9.75. The highest BCUT2D eigenvalue weighted by molar-refractivity contribution is 7.80. The second-order valence-corrected chi connectivity index (χ2v) is 7.79. The van der Waals surface area contributed by atoms with Crippen LogP contribution in [0.4, 0.5) is 5.69 Å². The maximum Gasteiger partial charge on any atom is 0.170 e. The number of nitrogens with zero attached hydrogens (tertiary/aromatic N) is 2. The summed E-state index contributed by atoms with van der Waals surface area (Å²) in [6.45, 7) is 11.6. The summed E-state index contributed by atoms with van der Waals surface area (Å²) in [4.78, 5) is 5.27. The van der Waals surface area contributed by atoms with Crippen molar-refractivity contribution in [3.05, 3.63) is 30.3 Å². The van der Waals surface area contributed by atoms with Gasteiger partial charge in [-0.1, -0.05) is 32.0 Å². The van der Waals surface area contributed by atoms with Crippen LogP contribution in [0.5, 0.6) is 0 Å². The first kappa shape index (κ1) is 18.6. The largest absolute Gasteiger partial charge is 0.361 e. The topological polar surface area (TPSA) is 30.5 Å². The molecule has 1 aromatic rings. The van der Waals surface area contributed by atoms with Crippen molar-refractivity contribution in [3.63, 3.8) is 0 Å². The van der Waals surface area contributed by atoms with E-state index in [4.69, 9.17) is 12.2 Å². The molecule has 5 heteroatoms. The standard InChI is InChI=1S/C20H32N4S/c1-3-23(4-2)14-17-15-24-11-10-16(17)12-19(24)13-21-20(25)22-18-8-6-5-7-9-18/h5-9,16-17,19H,3-4,10-15H2,1-2H3,(H2,21,22,25)/t16-,17+,19+/m0/s1. The molecule has 25 heavy (non-hydrogen) atoms. The van der Waals surface area contributed by atoms with Crippen molar-refractivity contribution in [2.75, 3.05) is 44.6 Å². The molecule has 0 aliphatic carbocycles. The van der Waals surface area contributed by atoms with Crippen LogP contribution in [-0.4, -0.2) is 60.2 Å². The summed E-state index contributed by atoms with van der Waals surface area (Å²) in [6, 6.07) is 10.8. The molecule has 3 aliphatic heterocycles. The zero-order valence-electron chi connectivity index (χ0n) is 15.6. The summed E-state index contributed by atoms with van der Waals surface area (Å²) in [5.41, 5.74) is 1.05. The molecule has 4 rings (SSSR count). The predicted molar refractivity (Wildman–Crippen MR) is 110 cm³/mol. The SMILES string of the molecule is CCN(CC)C[C@@H]1CN2CC[C@H]1C[C@@H]2CNC(=S)Nc1ccccc1. The van der Waals surface area contributed by atoms with Gasteiger partial charge in [0.05, 0.1) is 0 Å². The molecular weight excluding hydrogens is 328 g/mol. The van der Waals surface area contributed by atoms with Gasteiger partial charge in [0.25, 0.3) is 0 Å². The lowest BCUT2D eigenvalue weighted by Gasteiger charge is -2.51. The van der Waals surface area contributed by atoms with E-state index in [1.165, 1.54) is 45.6 Å². The number of hydrogen-bond acceptors (Lipinski definition) is 3. The Morgan fingerprint density at radius 3 is 2.64 bits per heavy atom. The molecule has 4 atom stereocenters. The van der Waals surface area contributed by atoms with E-state index in [0.717, 1.165) is 29.2 Å². The summed E-state index contributed by atoms with van der Waals surface area (Å²) < 4.78 is 0. The van der Waals surface area contributed by atoms with E-state index in [1.54, 1.807) is 0 Å². The fraction of sp³-hybridized carbons (Fsp3) is 0.650. The Labute approximate surface area is 158 Å². The zero-order chi connectivity index (χ0) is 17.6. The molecular formula is C20H32N4S. The molecule has 3 saturated heterocycles. The average molecular weight is 361 g/mol. The van der Waals surface area contributed by atoms with Crippen LogP contribution in [-0.2, 0) is 0 Å².